The second-order valence-electron chi connectivity index (χ2n) is 2.59. The van der Waals surface area contributed by atoms with Crippen LogP contribution in [0.3, 0.4) is 0 Å². The second-order valence-corrected chi connectivity index (χ2v) is 3.95. The van der Waals surface area contributed by atoms with E-state index in [1.54, 1.807) is 0 Å². The Morgan fingerprint density at radius 3 is 1.56 bits per heavy atom. The van der Waals surface area contributed by atoms with Gasteiger partial charge in [-0.3, -0.25) is 9.35 Å². The molecule has 1 aromatic carbocycles. The minimum atomic E-state index is -5.48. The van der Waals surface area contributed by atoms with Gasteiger partial charge in [-0.1, -0.05) is 0 Å². The minimum absolute atomic E-state index is 0.523. The first-order chi connectivity index (χ1) is 7.21. The van der Waals surface area contributed by atoms with Crippen LogP contribution in [-0.4, -0.2) is 19.3 Å². The molecule has 0 radical (unpaired) electrons. The summed E-state index contributed by atoms with van der Waals surface area (Å²) >= 11 is 0. The summed E-state index contributed by atoms with van der Waals surface area (Å²) < 4.78 is 80.7. The van der Waals surface area contributed by atoms with Crippen LogP contribution in [0.2, 0.25) is 0 Å². The Morgan fingerprint density at radius 1 is 0.938 bits per heavy atom. The third-order valence-electron chi connectivity index (χ3n) is 1.63. The Balaban J connectivity index is 3.89. The average molecular weight is 258 g/mol. The fourth-order valence-corrected chi connectivity index (χ4v) is 1.59. The lowest BCUT2D eigenvalue weighted by Gasteiger charge is -2.05. The number of carbonyl (C=O) groups is 1. The quantitative estimate of drug-likeness (QED) is 0.375. The van der Waals surface area contributed by atoms with Crippen LogP contribution in [0.15, 0.2) is 4.90 Å². The van der Waals surface area contributed by atoms with Crippen molar-refractivity contribution in [3.8, 4) is 0 Å². The molecule has 88 valence electrons. The summed E-state index contributed by atoms with van der Waals surface area (Å²) in [4.78, 5) is 7.92. The molecule has 0 fully saturated rings. The number of hydrogen-bond donors (Lipinski definition) is 1. The molecule has 0 amide bonds. The number of hydrogen-bond acceptors (Lipinski definition) is 3. The van der Waals surface area contributed by atoms with Gasteiger partial charge in [-0.15, -0.1) is 0 Å². The molecule has 0 aromatic heterocycles. The molecular weight excluding hydrogens is 256 g/mol. The van der Waals surface area contributed by atoms with Crippen molar-refractivity contribution in [3.63, 3.8) is 0 Å². The Bertz CT molecular complexity index is 537. The summed E-state index contributed by atoms with van der Waals surface area (Å²) in [6, 6.07) is 0. The van der Waals surface area contributed by atoms with Crippen molar-refractivity contribution < 1.29 is 35.3 Å². The van der Waals surface area contributed by atoms with Gasteiger partial charge in [-0.25, -0.2) is 17.6 Å². The number of halogens is 4. The summed E-state index contributed by atoms with van der Waals surface area (Å²) in [6.07, 6.45) is -0.523. The van der Waals surface area contributed by atoms with Gasteiger partial charge in [0.1, 0.15) is 0 Å². The predicted octanol–water partition coefficient (Wildman–Crippen LogP) is 1.30. The first kappa shape index (κ1) is 12.6. The lowest BCUT2D eigenvalue weighted by atomic mass is 10.2. The number of benzene rings is 1. The molecule has 9 heteroatoms. The molecule has 0 bridgehead atoms. The normalized spacial score (nSPS) is 11.6. The third-order valence-corrected chi connectivity index (χ3v) is 2.51. The van der Waals surface area contributed by atoms with Gasteiger partial charge in [0, 0.05) is 0 Å². The van der Waals surface area contributed by atoms with Crippen molar-refractivity contribution >= 4 is 16.4 Å². The Kier molecular flexibility index (Phi) is 3.01. The summed E-state index contributed by atoms with van der Waals surface area (Å²) in [6.45, 7) is 0. The number of rotatable bonds is 2. The van der Waals surface area contributed by atoms with Crippen LogP contribution < -0.4 is 0 Å². The van der Waals surface area contributed by atoms with E-state index >= 15 is 0 Å². The van der Waals surface area contributed by atoms with E-state index in [0.717, 1.165) is 0 Å². The molecule has 0 aliphatic heterocycles. The molecule has 0 aliphatic carbocycles. The molecule has 0 saturated carbocycles. The number of carbonyl (C=O) groups excluding carboxylic acids is 1. The number of aldehydes is 1. The predicted molar refractivity (Wildman–Crippen MR) is 41.5 cm³/mol. The maximum Gasteiger partial charge on any atom is 0.300 e. The van der Waals surface area contributed by atoms with Crippen LogP contribution in [0.4, 0.5) is 17.6 Å². The van der Waals surface area contributed by atoms with Gasteiger partial charge in [-0.05, 0) is 0 Å². The van der Waals surface area contributed by atoms with E-state index < -0.39 is 50.1 Å². The molecule has 4 nitrogen and oxygen atoms in total. The first-order valence-corrected chi connectivity index (χ1v) is 4.94. The SMILES string of the molecule is O=Cc1c(F)c(F)c(S(=O)(=O)O)c(F)c1F. The molecule has 0 saturated heterocycles. The third kappa shape index (κ3) is 1.78. The molecule has 1 aromatic rings. The molecule has 1 rings (SSSR count). The topological polar surface area (TPSA) is 71.4 Å². The monoisotopic (exact) mass is 258 g/mol. The van der Waals surface area contributed by atoms with Crippen molar-refractivity contribution in [1.82, 2.24) is 0 Å². The summed E-state index contributed by atoms with van der Waals surface area (Å²) in [5, 5.41) is 0. The fraction of sp³-hybridized carbons (Fsp3) is 0. The van der Waals surface area contributed by atoms with Crippen molar-refractivity contribution in [2.45, 2.75) is 4.90 Å². The Hall–Kier alpha value is -1.48. The van der Waals surface area contributed by atoms with E-state index in [0.29, 0.717) is 0 Å². The zero-order valence-electron chi connectivity index (χ0n) is 7.17. The van der Waals surface area contributed by atoms with Crippen molar-refractivity contribution in [3.05, 3.63) is 28.8 Å². The molecule has 1 N–H and O–H groups in total. The Labute approximate surface area is 86.2 Å². The highest BCUT2D eigenvalue weighted by molar-refractivity contribution is 7.85. The summed E-state index contributed by atoms with van der Waals surface area (Å²) in [7, 11) is -5.48. The van der Waals surface area contributed by atoms with Crippen LogP contribution >= 0.6 is 0 Å². The van der Waals surface area contributed by atoms with Gasteiger partial charge in [0.25, 0.3) is 0 Å². The molecular formula is C7H2F4O4S. The van der Waals surface area contributed by atoms with Crippen molar-refractivity contribution in [2.75, 3.05) is 0 Å². The highest BCUT2D eigenvalue weighted by atomic mass is 32.2. The van der Waals surface area contributed by atoms with E-state index in [1.165, 1.54) is 0 Å². The standard InChI is InChI=1S/C7H2F4O4S/c8-3-2(1-12)4(9)6(11)7(5(3)10)16(13,14)15/h1H,(H,13,14,15). The van der Waals surface area contributed by atoms with Crippen LogP contribution in [-0.2, 0) is 10.1 Å². The lowest BCUT2D eigenvalue weighted by molar-refractivity contribution is 0.111. The van der Waals surface area contributed by atoms with Gasteiger partial charge >= 0.3 is 10.1 Å². The maximum absolute atomic E-state index is 12.9. The summed E-state index contributed by atoms with van der Waals surface area (Å²) in [5.41, 5.74) is -1.60. The van der Waals surface area contributed by atoms with Crippen LogP contribution in [0.25, 0.3) is 0 Å². The molecule has 0 atom stereocenters. The molecule has 16 heavy (non-hydrogen) atoms. The van der Waals surface area contributed by atoms with Crippen molar-refractivity contribution in [1.29, 1.82) is 0 Å². The van der Waals surface area contributed by atoms with E-state index in [-0.39, 0.29) is 0 Å². The fourth-order valence-electron chi connectivity index (χ4n) is 0.958. The van der Waals surface area contributed by atoms with Gasteiger partial charge < -0.3 is 0 Å². The van der Waals surface area contributed by atoms with E-state index in [4.69, 9.17) is 4.55 Å². The molecule has 0 aliphatic rings. The molecule has 0 unspecified atom stereocenters. The zero-order chi connectivity index (χ0) is 12.7. The van der Waals surface area contributed by atoms with Crippen LogP contribution in [0.5, 0.6) is 0 Å². The smallest absolute Gasteiger partial charge is 0.298 e. The van der Waals surface area contributed by atoms with E-state index in [9.17, 15) is 30.8 Å². The average Bonchev–Trinajstić information content (AvgIpc) is 2.14. The molecule has 0 spiro atoms. The van der Waals surface area contributed by atoms with Crippen LogP contribution in [0.1, 0.15) is 10.4 Å². The second kappa shape index (κ2) is 3.83. The van der Waals surface area contributed by atoms with Gasteiger partial charge in [-0.2, -0.15) is 8.42 Å². The lowest BCUT2D eigenvalue weighted by Crippen LogP contribution is -2.12. The minimum Gasteiger partial charge on any atom is -0.298 e. The van der Waals surface area contributed by atoms with Crippen LogP contribution in [0, 0.1) is 23.3 Å². The van der Waals surface area contributed by atoms with Gasteiger partial charge in [0.15, 0.2) is 34.5 Å². The van der Waals surface area contributed by atoms with E-state index in [2.05, 4.69) is 0 Å². The maximum atomic E-state index is 12.9. The van der Waals surface area contributed by atoms with Crippen molar-refractivity contribution in [2.24, 2.45) is 0 Å². The van der Waals surface area contributed by atoms with Gasteiger partial charge in [0.2, 0.25) is 0 Å². The first-order valence-electron chi connectivity index (χ1n) is 3.50. The highest BCUT2D eigenvalue weighted by Gasteiger charge is 2.31. The largest absolute Gasteiger partial charge is 0.300 e. The summed E-state index contributed by atoms with van der Waals surface area (Å²) in [5.74, 6) is -9.10. The zero-order valence-corrected chi connectivity index (χ0v) is 7.99. The highest BCUT2D eigenvalue weighted by Crippen LogP contribution is 2.26. The van der Waals surface area contributed by atoms with E-state index in [1.807, 2.05) is 0 Å². The molecule has 0 heterocycles. The van der Waals surface area contributed by atoms with Gasteiger partial charge in [0.05, 0.1) is 5.56 Å². The Morgan fingerprint density at radius 2 is 1.31 bits per heavy atom.